The summed E-state index contributed by atoms with van der Waals surface area (Å²) in [5.41, 5.74) is 0. The Hall–Kier alpha value is -1.33. The number of aromatic hydroxyl groups is 1. The predicted molar refractivity (Wildman–Crippen MR) is 53.5 cm³/mol. The van der Waals surface area contributed by atoms with Gasteiger partial charge in [0.15, 0.2) is 0 Å². The van der Waals surface area contributed by atoms with E-state index in [-0.39, 0.29) is 17.2 Å². The molecular weight excluding hydrogens is 202 g/mol. The summed E-state index contributed by atoms with van der Waals surface area (Å²) in [6, 6.07) is 5.31. The molecule has 1 aromatic rings. The number of benzene rings is 1. The largest absolute Gasteiger partial charge is 0.508 e. The van der Waals surface area contributed by atoms with E-state index in [0.29, 0.717) is 0 Å². The molecule has 0 atom stereocenters. The van der Waals surface area contributed by atoms with Crippen molar-refractivity contribution in [2.45, 2.75) is 4.90 Å². The first kappa shape index (κ1) is 10.7. The fourth-order valence-electron chi connectivity index (χ4n) is 0.877. The van der Waals surface area contributed by atoms with Gasteiger partial charge in [0.05, 0.1) is 4.90 Å². The quantitative estimate of drug-likeness (QED) is 0.729. The van der Waals surface area contributed by atoms with Crippen molar-refractivity contribution in [2.24, 2.45) is 0 Å². The van der Waals surface area contributed by atoms with Gasteiger partial charge < -0.3 is 5.11 Å². The van der Waals surface area contributed by atoms with E-state index >= 15 is 0 Å². The second kappa shape index (κ2) is 4.26. The molecule has 0 aliphatic carbocycles. The lowest BCUT2D eigenvalue weighted by molar-refractivity contribution is 0.474. The fourth-order valence-corrected chi connectivity index (χ4v) is 1.88. The van der Waals surface area contributed by atoms with Crippen molar-refractivity contribution in [1.29, 1.82) is 0 Å². The summed E-state index contributed by atoms with van der Waals surface area (Å²) in [6.45, 7) is 3.59. The number of rotatable bonds is 4. The summed E-state index contributed by atoms with van der Waals surface area (Å²) < 4.78 is 25.2. The maximum atomic E-state index is 11.5. The molecule has 0 saturated heterocycles. The molecule has 2 N–H and O–H groups in total. The van der Waals surface area contributed by atoms with Crippen LogP contribution in [0, 0.1) is 0 Å². The Kier molecular flexibility index (Phi) is 3.27. The zero-order chi connectivity index (χ0) is 10.6. The van der Waals surface area contributed by atoms with Crippen LogP contribution in [0.15, 0.2) is 41.8 Å². The second-order valence-electron chi connectivity index (χ2n) is 2.63. The van der Waals surface area contributed by atoms with Gasteiger partial charge in [0.25, 0.3) is 0 Å². The van der Waals surface area contributed by atoms with Gasteiger partial charge >= 0.3 is 0 Å². The molecule has 4 nitrogen and oxygen atoms in total. The molecule has 0 bridgehead atoms. The SMILES string of the molecule is C=CCNS(=O)(=O)c1ccc(O)cc1. The zero-order valence-electron chi connectivity index (χ0n) is 7.47. The monoisotopic (exact) mass is 213 g/mol. The average Bonchev–Trinajstić information content (AvgIpc) is 2.16. The van der Waals surface area contributed by atoms with Crippen LogP contribution in [0.1, 0.15) is 0 Å². The summed E-state index contributed by atoms with van der Waals surface area (Å²) in [7, 11) is -3.47. The Labute approximate surface area is 82.9 Å². The van der Waals surface area contributed by atoms with Crippen LogP contribution in [-0.4, -0.2) is 20.1 Å². The van der Waals surface area contributed by atoms with Crippen molar-refractivity contribution in [2.75, 3.05) is 6.54 Å². The highest BCUT2D eigenvalue weighted by Crippen LogP contribution is 2.13. The van der Waals surface area contributed by atoms with Crippen molar-refractivity contribution in [3.63, 3.8) is 0 Å². The lowest BCUT2D eigenvalue weighted by Crippen LogP contribution is -2.23. The maximum absolute atomic E-state index is 11.5. The van der Waals surface area contributed by atoms with Crippen molar-refractivity contribution in [1.82, 2.24) is 4.72 Å². The number of phenolic OH excluding ortho intramolecular Hbond substituents is 1. The highest BCUT2D eigenvalue weighted by Gasteiger charge is 2.11. The van der Waals surface area contributed by atoms with Gasteiger partial charge in [-0.2, -0.15) is 0 Å². The lowest BCUT2D eigenvalue weighted by Gasteiger charge is -2.03. The van der Waals surface area contributed by atoms with E-state index in [0.717, 1.165) is 0 Å². The number of hydrogen-bond donors (Lipinski definition) is 2. The van der Waals surface area contributed by atoms with Crippen LogP contribution < -0.4 is 4.72 Å². The molecule has 0 heterocycles. The highest BCUT2D eigenvalue weighted by atomic mass is 32.2. The molecule has 0 saturated carbocycles. The van der Waals surface area contributed by atoms with Crippen LogP contribution in [0.25, 0.3) is 0 Å². The van der Waals surface area contributed by atoms with Gasteiger partial charge in [0.2, 0.25) is 10.0 Å². The van der Waals surface area contributed by atoms with Gasteiger partial charge in [-0.15, -0.1) is 6.58 Å². The Bertz CT molecular complexity index is 408. The van der Waals surface area contributed by atoms with E-state index in [1.54, 1.807) is 0 Å². The third kappa shape index (κ3) is 2.58. The summed E-state index contributed by atoms with van der Waals surface area (Å²) >= 11 is 0. The molecule has 14 heavy (non-hydrogen) atoms. The van der Waals surface area contributed by atoms with Crippen LogP contribution in [0.3, 0.4) is 0 Å². The third-order valence-corrected chi connectivity index (χ3v) is 3.00. The smallest absolute Gasteiger partial charge is 0.240 e. The van der Waals surface area contributed by atoms with Crippen molar-refractivity contribution >= 4 is 10.0 Å². The molecule has 1 rings (SSSR count). The van der Waals surface area contributed by atoms with Gasteiger partial charge in [0.1, 0.15) is 5.75 Å². The minimum absolute atomic E-state index is 0.0349. The van der Waals surface area contributed by atoms with E-state index in [4.69, 9.17) is 5.11 Å². The molecule has 0 radical (unpaired) electrons. The van der Waals surface area contributed by atoms with E-state index in [1.165, 1.54) is 30.3 Å². The molecule has 76 valence electrons. The maximum Gasteiger partial charge on any atom is 0.240 e. The van der Waals surface area contributed by atoms with Crippen LogP contribution in [0.5, 0.6) is 5.75 Å². The molecule has 0 aliphatic rings. The minimum Gasteiger partial charge on any atom is -0.508 e. The van der Waals surface area contributed by atoms with Gasteiger partial charge in [-0.25, -0.2) is 13.1 Å². The number of sulfonamides is 1. The van der Waals surface area contributed by atoms with Crippen LogP contribution in [0.4, 0.5) is 0 Å². The predicted octanol–water partition coefficient (Wildman–Crippen LogP) is 0.857. The van der Waals surface area contributed by atoms with Gasteiger partial charge in [-0.1, -0.05) is 6.08 Å². The Morgan fingerprint density at radius 2 is 1.93 bits per heavy atom. The van der Waals surface area contributed by atoms with Gasteiger partial charge in [0, 0.05) is 6.54 Å². The summed E-state index contributed by atoms with van der Waals surface area (Å²) in [5.74, 6) is 0.0349. The highest BCUT2D eigenvalue weighted by molar-refractivity contribution is 7.89. The van der Waals surface area contributed by atoms with E-state index in [2.05, 4.69) is 11.3 Å². The second-order valence-corrected chi connectivity index (χ2v) is 4.40. The molecule has 0 spiro atoms. The summed E-state index contributed by atoms with van der Waals surface area (Å²) in [6.07, 6.45) is 1.46. The standard InChI is InChI=1S/C9H11NO3S/c1-2-7-10-14(12,13)9-5-3-8(11)4-6-9/h2-6,10-11H,1,7H2. The molecular formula is C9H11NO3S. The van der Waals surface area contributed by atoms with Crippen LogP contribution in [-0.2, 0) is 10.0 Å². The van der Waals surface area contributed by atoms with E-state index in [9.17, 15) is 8.42 Å². The first-order valence-corrected chi connectivity index (χ1v) is 5.44. The average molecular weight is 213 g/mol. The first-order chi connectivity index (χ1) is 6.56. The number of nitrogens with one attached hydrogen (secondary N) is 1. The van der Waals surface area contributed by atoms with E-state index < -0.39 is 10.0 Å². The molecule has 0 aliphatic heterocycles. The van der Waals surface area contributed by atoms with Crippen molar-refractivity contribution in [3.05, 3.63) is 36.9 Å². The van der Waals surface area contributed by atoms with Gasteiger partial charge in [-0.05, 0) is 24.3 Å². The van der Waals surface area contributed by atoms with Crippen molar-refractivity contribution < 1.29 is 13.5 Å². The topological polar surface area (TPSA) is 66.4 Å². The van der Waals surface area contributed by atoms with Gasteiger partial charge in [-0.3, -0.25) is 0 Å². The van der Waals surface area contributed by atoms with Crippen LogP contribution in [0.2, 0.25) is 0 Å². The first-order valence-electron chi connectivity index (χ1n) is 3.96. The molecule has 5 heteroatoms. The third-order valence-electron chi connectivity index (χ3n) is 1.56. The van der Waals surface area contributed by atoms with Crippen molar-refractivity contribution in [3.8, 4) is 5.75 Å². The van der Waals surface area contributed by atoms with Crippen LogP contribution >= 0.6 is 0 Å². The minimum atomic E-state index is -3.47. The normalized spacial score (nSPS) is 11.1. The zero-order valence-corrected chi connectivity index (χ0v) is 8.29. The van der Waals surface area contributed by atoms with E-state index in [1.807, 2.05) is 0 Å². The number of phenols is 1. The Balaban J connectivity index is 2.93. The lowest BCUT2D eigenvalue weighted by atomic mass is 10.3. The molecule has 1 aromatic carbocycles. The summed E-state index contributed by atoms with van der Waals surface area (Å²) in [5, 5.41) is 8.97. The molecule has 0 amide bonds. The molecule has 0 unspecified atom stereocenters. The molecule has 0 fully saturated rings. The summed E-state index contributed by atoms with van der Waals surface area (Å²) in [4.78, 5) is 0.122. The Morgan fingerprint density at radius 1 is 1.36 bits per heavy atom. The molecule has 0 aromatic heterocycles. The fraction of sp³-hybridized carbons (Fsp3) is 0.111. The Morgan fingerprint density at radius 3 is 2.43 bits per heavy atom. The number of hydrogen-bond acceptors (Lipinski definition) is 3.